The first-order chi connectivity index (χ1) is 12.8. The van der Waals surface area contributed by atoms with Gasteiger partial charge in [-0.2, -0.15) is 0 Å². The molecule has 0 aliphatic rings. The minimum Gasteiger partial charge on any atom is -0.465 e. The van der Waals surface area contributed by atoms with Gasteiger partial charge in [-0.25, -0.2) is 9.78 Å². The molecule has 1 aromatic heterocycles. The van der Waals surface area contributed by atoms with E-state index >= 15 is 0 Å². The Hall–Kier alpha value is -3.46. The van der Waals surface area contributed by atoms with Gasteiger partial charge < -0.3 is 4.74 Å². The van der Waals surface area contributed by atoms with Crippen molar-refractivity contribution in [2.24, 2.45) is 0 Å². The molecule has 0 saturated heterocycles. The molecule has 0 atom stereocenters. The van der Waals surface area contributed by atoms with E-state index in [4.69, 9.17) is 9.72 Å². The molecule has 0 aliphatic carbocycles. The summed E-state index contributed by atoms with van der Waals surface area (Å²) in [5.41, 5.74) is 4.66. The van der Waals surface area contributed by atoms with Gasteiger partial charge >= 0.3 is 5.97 Å². The number of methoxy groups -OCH3 is 1. The largest absolute Gasteiger partial charge is 0.465 e. The summed E-state index contributed by atoms with van der Waals surface area (Å²) in [5, 5.41) is 0.929. The summed E-state index contributed by atoms with van der Waals surface area (Å²) in [6.07, 6.45) is 0. The maximum Gasteiger partial charge on any atom is 0.340 e. The van der Waals surface area contributed by atoms with E-state index in [1.54, 1.807) is 0 Å². The zero-order chi connectivity index (χ0) is 17.9. The van der Waals surface area contributed by atoms with Crippen molar-refractivity contribution < 1.29 is 9.53 Å². The number of carbonyl (C=O) groups is 1. The number of esters is 1. The van der Waals surface area contributed by atoms with E-state index in [2.05, 4.69) is 0 Å². The molecule has 3 nitrogen and oxygen atoms in total. The minimum absolute atomic E-state index is 0.388. The lowest BCUT2D eigenvalue weighted by atomic mass is 9.92. The van der Waals surface area contributed by atoms with Crippen molar-refractivity contribution in [3.05, 3.63) is 90.5 Å². The van der Waals surface area contributed by atoms with Gasteiger partial charge in [0.25, 0.3) is 0 Å². The number of aromatic nitrogens is 1. The monoisotopic (exact) mass is 339 g/mol. The lowest BCUT2D eigenvalue weighted by molar-refractivity contribution is 0.0602. The van der Waals surface area contributed by atoms with E-state index in [0.29, 0.717) is 11.3 Å². The van der Waals surface area contributed by atoms with Gasteiger partial charge in [-0.15, -0.1) is 0 Å². The summed E-state index contributed by atoms with van der Waals surface area (Å²) in [4.78, 5) is 17.6. The first-order valence-electron chi connectivity index (χ1n) is 8.41. The van der Waals surface area contributed by atoms with Crippen molar-refractivity contribution in [3.8, 4) is 22.4 Å². The summed E-state index contributed by atoms with van der Waals surface area (Å²) < 4.78 is 5.13. The molecule has 3 heteroatoms. The standard InChI is InChI=1S/C23H17NO2/c1-26-23(25)21-20(16-10-4-2-5-11-16)18-14-8-9-15-19(18)24-22(21)17-12-6-3-7-13-17/h2-15H,1H3. The van der Waals surface area contributed by atoms with Crippen LogP contribution >= 0.6 is 0 Å². The van der Waals surface area contributed by atoms with Crippen LogP contribution in [0.3, 0.4) is 0 Å². The quantitative estimate of drug-likeness (QED) is 0.472. The third-order valence-corrected chi connectivity index (χ3v) is 4.39. The van der Waals surface area contributed by atoms with Crippen LogP contribution in [0, 0.1) is 0 Å². The SMILES string of the molecule is COC(=O)c1c(-c2ccccc2)nc2ccccc2c1-c1ccccc1. The van der Waals surface area contributed by atoms with Crippen LogP contribution in [0.2, 0.25) is 0 Å². The lowest BCUT2D eigenvalue weighted by Crippen LogP contribution is -2.08. The van der Waals surface area contributed by atoms with Crippen LogP contribution in [-0.4, -0.2) is 18.1 Å². The number of carbonyl (C=O) groups excluding carboxylic acids is 1. The Labute approximate surface area is 151 Å². The molecule has 0 spiro atoms. The normalized spacial score (nSPS) is 10.7. The van der Waals surface area contributed by atoms with E-state index in [0.717, 1.165) is 27.6 Å². The first-order valence-corrected chi connectivity index (χ1v) is 8.41. The fourth-order valence-electron chi connectivity index (χ4n) is 3.22. The average molecular weight is 339 g/mol. The molecular weight excluding hydrogens is 322 g/mol. The molecule has 1 heterocycles. The van der Waals surface area contributed by atoms with E-state index in [1.165, 1.54) is 7.11 Å². The number of hydrogen-bond acceptors (Lipinski definition) is 3. The van der Waals surface area contributed by atoms with Crippen molar-refractivity contribution in [1.82, 2.24) is 4.98 Å². The van der Waals surface area contributed by atoms with Crippen molar-refractivity contribution >= 4 is 16.9 Å². The highest BCUT2D eigenvalue weighted by Crippen LogP contribution is 2.37. The number of rotatable bonds is 3. The molecule has 0 unspecified atom stereocenters. The molecule has 0 saturated carbocycles. The Morgan fingerprint density at radius 1 is 0.769 bits per heavy atom. The smallest absolute Gasteiger partial charge is 0.340 e. The molecular formula is C23H17NO2. The summed E-state index contributed by atoms with van der Waals surface area (Å²) in [5.74, 6) is -0.388. The third kappa shape index (κ3) is 2.74. The van der Waals surface area contributed by atoms with Gasteiger partial charge in [0.15, 0.2) is 0 Å². The van der Waals surface area contributed by atoms with Crippen molar-refractivity contribution in [1.29, 1.82) is 0 Å². The van der Waals surface area contributed by atoms with Gasteiger partial charge in [0.05, 0.1) is 23.9 Å². The second-order valence-corrected chi connectivity index (χ2v) is 5.95. The molecule has 3 aromatic carbocycles. The highest BCUT2D eigenvalue weighted by molar-refractivity contribution is 6.11. The summed E-state index contributed by atoms with van der Waals surface area (Å²) in [6.45, 7) is 0. The number of fused-ring (bicyclic) bond motifs is 1. The Balaban J connectivity index is 2.17. The fourth-order valence-corrected chi connectivity index (χ4v) is 3.22. The third-order valence-electron chi connectivity index (χ3n) is 4.39. The number of nitrogens with zero attached hydrogens (tertiary/aromatic N) is 1. The molecule has 0 bridgehead atoms. The highest BCUT2D eigenvalue weighted by Gasteiger charge is 2.23. The second kappa shape index (κ2) is 6.81. The van der Waals surface area contributed by atoms with Crippen LogP contribution in [0.1, 0.15) is 10.4 Å². The van der Waals surface area contributed by atoms with Gasteiger partial charge in [-0.3, -0.25) is 0 Å². The van der Waals surface area contributed by atoms with Crippen LogP contribution in [0.4, 0.5) is 0 Å². The summed E-state index contributed by atoms with van der Waals surface area (Å²) in [6, 6.07) is 27.5. The highest BCUT2D eigenvalue weighted by atomic mass is 16.5. The van der Waals surface area contributed by atoms with Gasteiger partial charge in [-0.05, 0) is 11.6 Å². The molecule has 0 aliphatic heterocycles. The molecule has 0 radical (unpaired) electrons. The van der Waals surface area contributed by atoms with Gasteiger partial charge in [0.1, 0.15) is 0 Å². The molecule has 4 rings (SSSR count). The van der Waals surface area contributed by atoms with Crippen molar-refractivity contribution in [2.45, 2.75) is 0 Å². The van der Waals surface area contributed by atoms with Crippen molar-refractivity contribution in [2.75, 3.05) is 7.11 Å². The van der Waals surface area contributed by atoms with E-state index < -0.39 is 0 Å². The molecule has 0 fully saturated rings. The zero-order valence-electron chi connectivity index (χ0n) is 14.3. The molecule has 26 heavy (non-hydrogen) atoms. The summed E-state index contributed by atoms with van der Waals surface area (Å²) in [7, 11) is 1.40. The Kier molecular flexibility index (Phi) is 4.20. The minimum atomic E-state index is -0.388. The molecule has 126 valence electrons. The predicted octanol–water partition coefficient (Wildman–Crippen LogP) is 5.36. The Bertz CT molecular complexity index is 1070. The zero-order valence-corrected chi connectivity index (χ0v) is 14.3. The van der Waals surface area contributed by atoms with Crippen LogP contribution < -0.4 is 0 Å². The first kappa shape index (κ1) is 16.0. The van der Waals surface area contributed by atoms with Crippen LogP contribution in [0.5, 0.6) is 0 Å². The predicted molar refractivity (Wildman–Crippen MR) is 104 cm³/mol. The van der Waals surface area contributed by atoms with Crippen LogP contribution in [0.25, 0.3) is 33.3 Å². The van der Waals surface area contributed by atoms with Crippen LogP contribution in [0.15, 0.2) is 84.9 Å². The average Bonchev–Trinajstić information content (AvgIpc) is 2.73. The molecule has 0 N–H and O–H groups in total. The molecule has 4 aromatic rings. The van der Waals surface area contributed by atoms with Crippen molar-refractivity contribution in [3.63, 3.8) is 0 Å². The lowest BCUT2D eigenvalue weighted by Gasteiger charge is -2.16. The van der Waals surface area contributed by atoms with E-state index in [-0.39, 0.29) is 5.97 Å². The number of hydrogen-bond donors (Lipinski definition) is 0. The fraction of sp³-hybridized carbons (Fsp3) is 0.0435. The number of ether oxygens (including phenoxy) is 1. The second-order valence-electron chi connectivity index (χ2n) is 5.95. The van der Waals surface area contributed by atoms with Gasteiger partial charge in [-0.1, -0.05) is 78.9 Å². The van der Waals surface area contributed by atoms with Crippen LogP contribution in [-0.2, 0) is 4.74 Å². The van der Waals surface area contributed by atoms with E-state index in [1.807, 2.05) is 84.9 Å². The Morgan fingerprint density at radius 3 is 2.00 bits per heavy atom. The van der Waals surface area contributed by atoms with E-state index in [9.17, 15) is 4.79 Å². The number of benzene rings is 3. The summed E-state index contributed by atoms with van der Waals surface area (Å²) >= 11 is 0. The van der Waals surface area contributed by atoms with Gasteiger partial charge in [0.2, 0.25) is 0 Å². The number of para-hydroxylation sites is 1. The number of pyridine rings is 1. The Morgan fingerprint density at radius 2 is 1.35 bits per heavy atom. The molecule has 0 amide bonds. The van der Waals surface area contributed by atoms with Gasteiger partial charge in [0, 0.05) is 16.5 Å². The maximum atomic E-state index is 12.8. The maximum absolute atomic E-state index is 12.8. The topological polar surface area (TPSA) is 39.2 Å².